The van der Waals surface area contributed by atoms with E-state index in [2.05, 4.69) is 4.98 Å². The van der Waals surface area contributed by atoms with E-state index in [4.69, 9.17) is 9.47 Å². The van der Waals surface area contributed by atoms with Crippen LogP contribution in [0.15, 0.2) is 53.4 Å². The van der Waals surface area contributed by atoms with Gasteiger partial charge in [-0.05, 0) is 35.7 Å². The van der Waals surface area contributed by atoms with Crippen LogP contribution in [0.3, 0.4) is 0 Å². The van der Waals surface area contributed by atoms with Crippen LogP contribution in [-0.2, 0) is 9.59 Å². The topological polar surface area (TPSA) is 89.0 Å². The number of Topliss-reactive ketones (excluding diaryl/α,β-unsaturated/α-hetero) is 1. The molecule has 2 aliphatic rings. The first-order valence-corrected chi connectivity index (χ1v) is 11.6. The van der Waals surface area contributed by atoms with Crippen LogP contribution in [0.5, 0.6) is 11.5 Å². The lowest BCUT2D eigenvalue weighted by atomic mass is 9.99. The smallest absolute Gasteiger partial charge is 0.301 e. The molecular weight excluding hydrogens is 486 g/mol. The highest BCUT2D eigenvalue weighted by Gasteiger charge is 2.48. The molecule has 0 radical (unpaired) electrons. The summed E-state index contributed by atoms with van der Waals surface area (Å²) in [5.41, 5.74) is 0.0162. The van der Waals surface area contributed by atoms with E-state index in [0.717, 1.165) is 22.3 Å². The number of amides is 1. The molecule has 0 saturated carbocycles. The van der Waals surface area contributed by atoms with Gasteiger partial charge in [-0.2, -0.15) is 0 Å². The second-order valence-corrected chi connectivity index (χ2v) is 9.47. The number of ether oxygens (including phenoxy) is 2. The number of benzene rings is 2. The van der Waals surface area contributed by atoms with Crippen molar-refractivity contribution in [3.63, 3.8) is 0 Å². The van der Waals surface area contributed by atoms with Crippen molar-refractivity contribution in [2.24, 2.45) is 0 Å². The number of thiazole rings is 1. The predicted octanol–water partition coefficient (Wildman–Crippen LogP) is 4.99. The molecule has 1 fully saturated rings. The molecule has 2 aromatic carbocycles. The Morgan fingerprint density at radius 1 is 1.12 bits per heavy atom. The van der Waals surface area contributed by atoms with E-state index < -0.39 is 35.1 Å². The molecule has 7 nitrogen and oxygen atoms in total. The Kier molecular flexibility index (Phi) is 4.64. The summed E-state index contributed by atoms with van der Waals surface area (Å²) in [6.45, 7) is 0.0356. The summed E-state index contributed by atoms with van der Waals surface area (Å²) in [5, 5.41) is 12.9. The second kappa shape index (κ2) is 7.61. The highest BCUT2D eigenvalue weighted by molar-refractivity contribution is 7.22. The maximum Gasteiger partial charge on any atom is 0.301 e. The zero-order chi connectivity index (χ0) is 23.6. The standard InChI is InChI=1S/C23H12F2N2O5S2/c24-11-7-12(25)18-16(8-11)34-23(26-18)27-19(15-2-1-5-33-15)17(21(29)22(27)30)20(28)10-3-4-13-14(6-10)32-9-31-13/h1-8,19,28H,9H2/b20-17+. The lowest BCUT2D eigenvalue weighted by Gasteiger charge is -2.21. The molecule has 1 saturated heterocycles. The van der Waals surface area contributed by atoms with Gasteiger partial charge in [0.15, 0.2) is 22.4 Å². The van der Waals surface area contributed by atoms with Crippen LogP contribution in [0.2, 0.25) is 0 Å². The van der Waals surface area contributed by atoms with Gasteiger partial charge in [0.1, 0.15) is 23.1 Å². The van der Waals surface area contributed by atoms with Crippen LogP contribution in [-0.4, -0.2) is 28.6 Å². The lowest BCUT2D eigenvalue weighted by Crippen LogP contribution is -2.28. The van der Waals surface area contributed by atoms with E-state index in [-0.39, 0.29) is 33.3 Å². The maximum atomic E-state index is 14.3. The third kappa shape index (κ3) is 3.08. The third-order valence-electron chi connectivity index (χ3n) is 5.51. The molecule has 170 valence electrons. The van der Waals surface area contributed by atoms with Crippen molar-refractivity contribution in [2.75, 3.05) is 11.7 Å². The molecular formula is C23H12F2N2O5S2. The number of fused-ring (bicyclic) bond motifs is 2. The first-order valence-electron chi connectivity index (χ1n) is 9.92. The van der Waals surface area contributed by atoms with Crippen molar-refractivity contribution in [2.45, 2.75) is 6.04 Å². The molecule has 1 atom stereocenters. The maximum absolute atomic E-state index is 14.3. The number of anilines is 1. The van der Waals surface area contributed by atoms with Gasteiger partial charge < -0.3 is 14.6 Å². The Bertz CT molecular complexity index is 1530. The number of hydrogen-bond acceptors (Lipinski definition) is 8. The highest BCUT2D eigenvalue weighted by Crippen LogP contribution is 2.46. The van der Waals surface area contributed by atoms with Crippen LogP contribution in [0.1, 0.15) is 16.5 Å². The molecule has 0 bridgehead atoms. The van der Waals surface area contributed by atoms with E-state index in [1.165, 1.54) is 17.4 Å². The van der Waals surface area contributed by atoms with Crippen molar-refractivity contribution < 1.29 is 33.0 Å². The molecule has 0 spiro atoms. The Morgan fingerprint density at radius 3 is 2.74 bits per heavy atom. The molecule has 6 rings (SSSR count). The number of carbonyl (C=O) groups is 2. The first-order chi connectivity index (χ1) is 16.4. The fourth-order valence-corrected chi connectivity index (χ4v) is 5.85. The summed E-state index contributed by atoms with van der Waals surface area (Å²) < 4.78 is 38.8. The summed E-state index contributed by atoms with van der Waals surface area (Å²) in [5.74, 6) is -3.00. The number of aromatic nitrogens is 1. The number of rotatable bonds is 3. The monoisotopic (exact) mass is 498 g/mol. The summed E-state index contributed by atoms with van der Waals surface area (Å²) in [6, 6.07) is 8.95. The van der Waals surface area contributed by atoms with Crippen molar-refractivity contribution in [3.8, 4) is 11.5 Å². The summed E-state index contributed by atoms with van der Waals surface area (Å²) in [4.78, 5) is 32.2. The number of carbonyl (C=O) groups excluding carboxylic acids is 2. The summed E-state index contributed by atoms with van der Waals surface area (Å²) in [7, 11) is 0. The van der Waals surface area contributed by atoms with Crippen LogP contribution in [0.4, 0.5) is 13.9 Å². The lowest BCUT2D eigenvalue weighted by molar-refractivity contribution is -0.132. The predicted molar refractivity (Wildman–Crippen MR) is 121 cm³/mol. The molecule has 11 heteroatoms. The minimum atomic E-state index is -1.00. The summed E-state index contributed by atoms with van der Waals surface area (Å²) >= 11 is 2.16. The number of aliphatic hydroxyl groups excluding tert-OH is 1. The van der Waals surface area contributed by atoms with Gasteiger partial charge in [-0.15, -0.1) is 11.3 Å². The van der Waals surface area contributed by atoms with Crippen molar-refractivity contribution in [1.29, 1.82) is 0 Å². The molecule has 2 aliphatic heterocycles. The largest absolute Gasteiger partial charge is 0.507 e. The number of thiophene rings is 1. The molecule has 4 heterocycles. The SMILES string of the molecule is O=C1C(=O)N(c2nc3c(F)cc(F)cc3s2)C(c2cccs2)/C1=C(\O)c1ccc2c(c1)OCO2. The fraction of sp³-hybridized carbons (Fsp3) is 0.0870. The number of nitrogens with zero attached hydrogens (tertiary/aromatic N) is 2. The van der Waals surface area contributed by atoms with Crippen LogP contribution in [0.25, 0.3) is 16.0 Å². The number of halogens is 2. The highest BCUT2D eigenvalue weighted by atomic mass is 32.1. The number of ketones is 1. The van der Waals surface area contributed by atoms with Crippen molar-refractivity contribution in [3.05, 3.63) is 75.5 Å². The molecule has 1 amide bonds. The van der Waals surface area contributed by atoms with Crippen LogP contribution >= 0.6 is 22.7 Å². The molecule has 34 heavy (non-hydrogen) atoms. The normalized spacial score (nSPS) is 18.9. The van der Waals surface area contributed by atoms with Crippen LogP contribution < -0.4 is 14.4 Å². The zero-order valence-electron chi connectivity index (χ0n) is 17.0. The third-order valence-corrected chi connectivity index (χ3v) is 7.44. The second-order valence-electron chi connectivity index (χ2n) is 7.48. The Balaban J connectivity index is 1.54. The molecule has 2 aromatic heterocycles. The van der Waals surface area contributed by atoms with E-state index in [0.29, 0.717) is 22.4 Å². The number of aliphatic hydroxyl groups is 1. The molecule has 4 aromatic rings. The van der Waals surface area contributed by atoms with Gasteiger partial charge in [-0.3, -0.25) is 14.5 Å². The average molecular weight is 498 g/mol. The Hall–Kier alpha value is -3.83. The van der Waals surface area contributed by atoms with E-state index in [9.17, 15) is 23.5 Å². The average Bonchev–Trinajstić information content (AvgIpc) is 3.59. The fourth-order valence-electron chi connectivity index (χ4n) is 3.99. The minimum Gasteiger partial charge on any atom is -0.507 e. The van der Waals surface area contributed by atoms with E-state index >= 15 is 0 Å². The van der Waals surface area contributed by atoms with Crippen LogP contribution in [0, 0.1) is 11.6 Å². The molecule has 0 aliphatic carbocycles. The van der Waals surface area contributed by atoms with Gasteiger partial charge in [0.2, 0.25) is 6.79 Å². The molecule has 1 unspecified atom stereocenters. The minimum absolute atomic E-state index is 0.0183. The summed E-state index contributed by atoms with van der Waals surface area (Å²) in [6.07, 6.45) is 0. The quantitative estimate of drug-likeness (QED) is 0.243. The van der Waals surface area contributed by atoms with Crippen molar-refractivity contribution in [1.82, 2.24) is 4.98 Å². The first kappa shape index (κ1) is 20.8. The van der Waals surface area contributed by atoms with Gasteiger partial charge in [-0.1, -0.05) is 17.4 Å². The Labute approximate surface area is 198 Å². The number of hydrogen-bond donors (Lipinski definition) is 1. The Morgan fingerprint density at radius 2 is 1.94 bits per heavy atom. The van der Waals surface area contributed by atoms with Gasteiger partial charge in [0.05, 0.1) is 10.3 Å². The van der Waals surface area contributed by atoms with Gasteiger partial charge >= 0.3 is 5.91 Å². The van der Waals surface area contributed by atoms with Gasteiger partial charge in [0.25, 0.3) is 5.78 Å². The van der Waals surface area contributed by atoms with Gasteiger partial charge in [-0.25, -0.2) is 13.8 Å². The zero-order valence-corrected chi connectivity index (χ0v) is 18.6. The van der Waals surface area contributed by atoms with E-state index in [1.807, 2.05) is 0 Å². The molecule has 1 N–H and O–H groups in total. The van der Waals surface area contributed by atoms with Crippen molar-refractivity contribution >= 4 is 55.5 Å². The van der Waals surface area contributed by atoms with E-state index in [1.54, 1.807) is 29.6 Å². The van der Waals surface area contributed by atoms with Gasteiger partial charge in [0, 0.05) is 16.5 Å².